The summed E-state index contributed by atoms with van der Waals surface area (Å²) in [4.78, 5) is 6.80. The maximum atomic E-state index is 6.14. The van der Waals surface area contributed by atoms with Crippen LogP contribution in [-0.4, -0.2) is 40.3 Å². The van der Waals surface area contributed by atoms with Crippen molar-refractivity contribution in [2.75, 3.05) is 19.6 Å². The van der Waals surface area contributed by atoms with Crippen molar-refractivity contribution in [3.63, 3.8) is 0 Å². The van der Waals surface area contributed by atoms with Gasteiger partial charge in [-0.2, -0.15) is 5.10 Å². The van der Waals surface area contributed by atoms with E-state index in [0.29, 0.717) is 5.96 Å². The Kier molecular flexibility index (Phi) is 7.93. The molecule has 1 saturated heterocycles. The molecule has 0 aliphatic carbocycles. The van der Waals surface area contributed by atoms with Crippen molar-refractivity contribution in [1.29, 1.82) is 0 Å². The zero-order valence-electron chi connectivity index (χ0n) is 15.8. The molecule has 0 radical (unpaired) electrons. The number of aliphatic imine (C=N–C) groups is 1. The van der Waals surface area contributed by atoms with Gasteiger partial charge in [0.05, 0.1) is 11.4 Å². The van der Waals surface area contributed by atoms with Gasteiger partial charge in [0.15, 0.2) is 5.96 Å². The average Bonchev–Trinajstić information content (AvgIpc) is 3.01. The summed E-state index contributed by atoms with van der Waals surface area (Å²) < 4.78 is 1.96. The second-order valence-corrected chi connectivity index (χ2v) is 7.03. The quantitative estimate of drug-likeness (QED) is 0.315. The van der Waals surface area contributed by atoms with E-state index in [1.165, 1.54) is 18.4 Å². The normalized spacial score (nSPS) is 15.8. The predicted octanol–water partition coefficient (Wildman–Crippen LogP) is 3.78. The van der Waals surface area contributed by atoms with Gasteiger partial charge in [-0.15, -0.1) is 24.0 Å². The van der Waals surface area contributed by atoms with Crippen molar-refractivity contribution in [3.05, 3.63) is 47.8 Å². The van der Waals surface area contributed by atoms with Gasteiger partial charge in [0.1, 0.15) is 0 Å². The highest BCUT2D eigenvalue weighted by molar-refractivity contribution is 14.0. The van der Waals surface area contributed by atoms with E-state index in [9.17, 15) is 0 Å². The minimum Gasteiger partial charge on any atom is -0.370 e. The van der Waals surface area contributed by atoms with Crippen molar-refractivity contribution in [3.8, 4) is 5.69 Å². The number of nitrogens with zero attached hydrogens (tertiary/aromatic N) is 4. The first kappa shape index (κ1) is 20.7. The lowest BCUT2D eigenvalue weighted by Gasteiger charge is -2.31. The van der Waals surface area contributed by atoms with Gasteiger partial charge in [-0.25, -0.2) is 4.68 Å². The van der Waals surface area contributed by atoms with E-state index in [1.807, 2.05) is 22.9 Å². The number of hydrogen-bond donors (Lipinski definition) is 1. The smallest absolute Gasteiger partial charge is 0.191 e. The highest BCUT2D eigenvalue weighted by Gasteiger charge is 2.16. The van der Waals surface area contributed by atoms with E-state index < -0.39 is 0 Å². The summed E-state index contributed by atoms with van der Waals surface area (Å²) in [6.07, 6.45) is 6.53. The van der Waals surface area contributed by atoms with Crippen molar-refractivity contribution >= 4 is 29.9 Å². The van der Waals surface area contributed by atoms with Gasteiger partial charge in [0.2, 0.25) is 0 Å². The molecule has 142 valence electrons. The van der Waals surface area contributed by atoms with Crippen LogP contribution in [0.1, 0.15) is 37.4 Å². The Morgan fingerprint density at radius 3 is 2.62 bits per heavy atom. The fraction of sp³-hybridized carbons (Fsp3) is 0.500. The van der Waals surface area contributed by atoms with Crippen molar-refractivity contribution in [1.82, 2.24) is 14.7 Å². The highest BCUT2D eigenvalue weighted by atomic mass is 127. The Bertz CT molecular complexity index is 702. The molecular weight excluding hydrogens is 437 g/mol. The van der Waals surface area contributed by atoms with E-state index in [1.54, 1.807) is 0 Å². The molecule has 0 atom stereocenters. The number of piperidine rings is 1. The second-order valence-electron chi connectivity index (χ2n) is 7.03. The minimum absolute atomic E-state index is 0. The molecule has 0 bridgehead atoms. The molecule has 1 aliphatic rings. The molecular formula is C20H30IN5. The predicted molar refractivity (Wildman–Crippen MR) is 118 cm³/mol. The lowest BCUT2D eigenvalue weighted by atomic mass is 10.00. The molecule has 2 aromatic rings. The molecule has 0 saturated carbocycles. The Labute approximate surface area is 173 Å². The number of benzene rings is 1. The van der Waals surface area contributed by atoms with E-state index >= 15 is 0 Å². The number of aryl methyl sites for hydroxylation is 2. The molecule has 5 nitrogen and oxygen atoms in total. The van der Waals surface area contributed by atoms with Crippen LogP contribution in [0.3, 0.4) is 0 Å². The summed E-state index contributed by atoms with van der Waals surface area (Å²) in [7, 11) is 0. The summed E-state index contributed by atoms with van der Waals surface area (Å²) in [6, 6.07) is 10.2. The number of halogens is 1. The van der Waals surface area contributed by atoms with Crippen LogP contribution < -0.4 is 5.73 Å². The third kappa shape index (κ3) is 5.46. The van der Waals surface area contributed by atoms with Gasteiger partial charge in [-0.1, -0.05) is 25.1 Å². The number of para-hydroxylation sites is 1. The van der Waals surface area contributed by atoms with Crippen LogP contribution in [0.25, 0.3) is 5.69 Å². The molecule has 0 unspecified atom stereocenters. The lowest BCUT2D eigenvalue weighted by Crippen LogP contribution is -2.42. The third-order valence-electron chi connectivity index (χ3n) is 5.01. The molecule has 6 heteroatoms. The monoisotopic (exact) mass is 467 g/mol. The fourth-order valence-electron chi connectivity index (χ4n) is 3.25. The van der Waals surface area contributed by atoms with Gasteiger partial charge < -0.3 is 10.6 Å². The zero-order valence-corrected chi connectivity index (χ0v) is 18.1. The Morgan fingerprint density at radius 1 is 1.23 bits per heavy atom. The highest BCUT2D eigenvalue weighted by Crippen LogP contribution is 2.16. The minimum atomic E-state index is 0. The summed E-state index contributed by atoms with van der Waals surface area (Å²) in [6.45, 7) is 7.23. The summed E-state index contributed by atoms with van der Waals surface area (Å²) in [5.41, 5.74) is 9.61. The van der Waals surface area contributed by atoms with Gasteiger partial charge >= 0.3 is 0 Å². The first-order chi connectivity index (χ1) is 12.1. The van der Waals surface area contributed by atoms with Gasteiger partial charge in [-0.05, 0) is 56.2 Å². The molecule has 1 aliphatic heterocycles. The van der Waals surface area contributed by atoms with Crippen molar-refractivity contribution < 1.29 is 0 Å². The molecule has 26 heavy (non-hydrogen) atoms. The topological polar surface area (TPSA) is 59.4 Å². The second kappa shape index (κ2) is 9.94. The van der Waals surface area contributed by atoms with Crippen LogP contribution in [0.4, 0.5) is 0 Å². The van der Waals surface area contributed by atoms with Crippen LogP contribution in [0.5, 0.6) is 0 Å². The van der Waals surface area contributed by atoms with E-state index in [0.717, 1.165) is 49.8 Å². The largest absolute Gasteiger partial charge is 0.370 e. The van der Waals surface area contributed by atoms with Crippen LogP contribution in [0.15, 0.2) is 41.5 Å². The van der Waals surface area contributed by atoms with E-state index in [2.05, 4.69) is 47.2 Å². The molecule has 1 aromatic heterocycles. The standard InChI is InChI=1S/C20H29N5.HI/c1-16-10-13-24(14-11-16)20(21)22-12-6-7-18-15-25(23-17(18)2)19-8-4-3-5-9-19;/h3-5,8-9,15-16H,6-7,10-14H2,1-2H3,(H2,21,22);1H. The van der Waals surface area contributed by atoms with Crippen molar-refractivity contribution in [2.24, 2.45) is 16.6 Å². The number of hydrogen-bond acceptors (Lipinski definition) is 2. The van der Waals surface area contributed by atoms with E-state index in [4.69, 9.17) is 5.73 Å². The Morgan fingerprint density at radius 2 is 1.92 bits per heavy atom. The lowest BCUT2D eigenvalue weighted by molar-refractivity contribution is 0.277. The zero-order chi connectivity index (χ0) is 17.6. The van der Waals surface area contributed by atoms with Gasteiger partial charge in [0.25, 0.3) is 0 Å². The van der Waals surface area contributed by atoms with E-state index in [-0.39, 0.29) is 24.0 Å². The molecule has 1 aromatic carbocycles. The number of aromatic nitrogens is 2. The van der Waals surface area contributed by atoms with Gasteiger partial charge in [0, 0.05) is 25.8 Å². The van der Waals surface area contributed by atoms with Crippen LogP contribution in [0, 0.1) is 12.8 Å². The average molecular weight is 467 g/mol. The fourth-order valence-corrected chi connectivity index (χ4v) is 3.25. The van der Waals surface area contributed by atoms with Crippen molar-refractivity contribution in [2.45, 2.75) is 39.5 Å². The van der Waals surface area contributed by atoms with Gasteiger partial charge in [-0.3, -0.25) is 4.99 Å². The molecule has 2 N–H and O–H groups in total. The molecule has 2 heterocycles. The molecule has 3 rings (SSSR count). The van der Waals surface area contributed by atoms with Crippen LogP contribution >= 0.6 is 24.0 Å². The summed E-state index contributed by atoms with van der Waals surface area (Å²) in [5, 5.41) is 4.62. The number of guanidine groups is 1. The van der Waals surface area contributed by atoms with Crippen LogP contribution in [0.2, 0.25) is 0 Å². The maximum Gasteiger partial charge on any atom is 0.191 e. The third-order valence-corrected chi connectivity index (χ3v) is 5.01. The number of rotatable bonds is 5. The summed E-state index contributed by atoms with van der Waals surface area (Å²) in [5.74, 6) is 1.52. The first-order valence-corrected chi connectivity index (χ1v) is 9.29. The molecule has 0 spiro atoms. The first-order valence-electron chi connectivity index (χ1n) is 9.29. The molecule has 0 amide bonds. The van der Waals surface area contributed by atoms with Crippen LogP contribution in [-0.2, 0) is 6.42 Å². The Hall–Kier alpha value is -1.57. The number of nitrogens with two attached hydrogens (primary N) is 1. The molecule has 1 fully saturated rings. The maximum absolute atomic E-state index is 6.14. The summed E-state index contributed by atoms with van der Waals surface area (Å²) >= 11 is 0. The SMILES string of the molecule is Cc1nn(-c2ccccc2)cc1CCCN=C(N)N1CCC(C)CC1.I. The number of likely N-dealkylation sites (tertiary alicyclic amines) is 1. The Balaban J connectivity index is 0.00000243.